The van der Waals surface area contributed by atoms with Gasteiger partial charge in [0, 0.05) is 5.69 Å². The topological polar surface area (TPSA) is 38.3 Å². The summed E-state index contributed by atoms with van der Waals surface area (Å²) in [6.45, 7) is 4.19. The number of ether oxygens (including phenoxy) is 1. The number of anilines is 1. The van der Waals surface area contributed by atoms with E-state index in [1.165, 1.54) is 0 Å². The van der Waals surface area contributed by atoms with Crippen molar-refractivity contribution in [3.05, 3.63) is 57.6 Å². The maximum absolute atomic E-state index is 11.9. The first-order chi connectivity index (χ1) is 10.4. The van der Waals surface area contributed by atoms with Crippen molar-refractivity contribution in [2.75, 3.05) is 5.32 Å². The summed E-state index contributed by atoms with van der Waals surface area (Å²) < 4.78 is 5.80. The molecule has 0 saturated carbocycles. The Morgan fingerprint density at radius 3 is 2.59 bits per heavy atom. The van der Waals surface area contributed by atoms with Crippen LogP contribution in [0.15, 0.2) is 36.4 Å². The fourth-order valence-corrected chi connectivity index (χ4v) is 2.76. The number of nitrogens with one attached hydrogen (secondary N) is 1. The lowest BCUT2D eigenvalue weighted by Crippen LogP contribution is -2.26. The molecular formula is C17H15Cl2NO2. The van der Waals surface area contributed by atoms with Gasteiger partial charge in [-0.25, -0.2) is 0 Å². The van der Waals surface area contributed by atoms with Gasteiger partial charge < -0.3 is 10.1 Å². The summed E-state index contributed by atoms with van der Waals surface area (Å²) in [6.07, 6.45) is 0. The molecule has 1 amide bonds. The second-order valence-corrected chi connectivity index (χ2v) is 6.64. The molecule has 0 atom stereocenters. The molecule has 3 nitrogen and oxygen atoms in total. The highest BCUT2D eigenvalue weighted by molar-refractivity contribution is 6.42. The number of carbonyl (C=O) groups excluding carboxylic acids is 1. The minimum Gasteiger partial charge on any atom is -0.489 e. The van der Waals surface area contributed by atoms with Gasteiger partial charge in [0.25, 0.3) is 0 Å². The summed E-state index contributed by atoms with van der Waals surface area (Å²) in [5.41, 5.74) is 2.18. The van der Waals surface area contributed by atoms with E-state index < -0.39 is 5.41 Å². The summed E-state index contributed by atoms with van der Waals surface area (Å²) in [5.74, 6) is 0.721. The number of benzene rings is 2. The lowest BCUT2D eigenvalue weighted by molar-refractivity contribution is -0.119. The van der Waals surface area contributed by atoms with Crippen LogP contribution < -0.4 is 10.1 Å². The normalized spacial score (nSPS) is 15.4. The van der Waals surface area contributed by atoms with Crippen LogP contribution in [0.25, 0.3) is 0 Å². The van der Waals surface area contributed by atoms with Crippen molar-refractivity contribution < 1.29 is 9.53 Å². The summed E-state index contributed by atoms with van der Waals surface area (Å²) >= 11 is 11.9. The number of rotatable bonds is 3. The van der Waals surface area contributed by atoms with Gasteiger partial charge in [-0.05, 0) is 55.3 Å². The zero-order chi connectivity index (χ0) is 15.9. The van der Waals surface area contributed by atoms with E-state index in [4.69, 9.17) is 27.9 Å². The SMILES string of the molecule is CC1(C)C(=O)Nc2ccc(OCc3ccc(Cl)c(Cl)c3)cc21. The van der Waals surface area contributed by atoms with Crippen molar-refractivity contribution in [3.8, 4) is 5.75 Å². The van der Waals surface area contributed by atoms with Gasteiger partial charge in [-0.1, -0.05) is 29.3 Å². The van der Waals surface area contributed by atoms with Crippen LogP contribution in [0.2, 0.25) is 10.0 Å². The molecule has 1 aliphatic heterocycles. The summed E-state index contributed by atoms with van der Waals surface area (Å²) in [7, 11) is 0. The molecule has 1 heterocycles. The zero-order valence-electron chi connectivity index (χ0n) is 12.2. The van der Waals surface area contributed by atoms with E-state index in [0.717, 1.165) is 22.6 Å². The average Bonchev–Trinajstić information content (AvgIpc) is 2.71. The Kier molecular flexibility index (Phi) is 3.79. The first kappa shape index (κ1) is 15.2. The van der Waals surface area contributed by atoms with Crippen LogP contribution in [0.4, 0.5) is 5.69 Å². The molecule has 2 aromatic carbocycles. The lowest BCUT2D eigenvalue weighted by atomic mass is 9.86. The predicted octanol–water partition coefficient (Wildman–Crippen LogP) is 4.80. The molecule has 2 aromatic rings. The van der Waals surface area contributed by atoms with Crippen LogP contribution in [0, 0.1) is 0 Å². The molecule has 1 aliphatic rings. The van der Waals surface area contributed by atoms with Crippen LogP contribution in [0.5, 0.6) is 5.75 Å². The van der Waals surface area contributed by atoms with Crippen molar-refractivity contribution in [1.82, 2.24) is 0 Å². The monoisotopic (exact) mass is 335 g/mol. The molecule has 0 fully saturated rings. The maximum atomic E-state index is 11.9. The fourth-order valence-electron chi connectivity index (χ4n) is 2.44. The van der Waals surface area contributed by atoms with Gasteiger partial charge in [-0.15, -0.1) is 0 Å². The Labute approximate surface area is 139 Å². The lowest BCUT2D eigenvalue weighted by Gasteiger charge is -2.16. The van der Waals surface area contributed by atoms with E-state index in [1.807, 2.05) is 38.1 Å². The van der Waals surface area contributed by atoms with E-state index in [1.54, 1.807) is 12.1 Å². The van der Waals surface area contributed by atoms with Crippen LogP contribution in [0.3, 0.4) is 0 Å². The van der Waals surface area contributed by atoms with Gasteiger partial charge in [0.1, 0.15) is 12.4 Å². The number of hydrogen-bond donors (Lipinski definition) is 1. The fraction of sp³-hybridized carbons (Fsp3) is 0.235. The van der Waals surface area contributed by atoms with Gasteiger partial charge in [-0.3, -0.25) is 4.79 Å². The van der Waals surface area contributed by atoms with Crippen molar-refractivity contribution in [2.45, 2.75) is 25.9 Å². The Morgan fingerprint density at radius 1 is 1.09 bits per heavy atom. The molecule has 1 N–H and O–H groups in total. The summed E-state index contributed by atoms with van der Waals surface area (Å²) in [6, 6.07) is 11.0. The summed E-state index contributed by atoms with van der Waals surface area (Å²) in [4.78, 5) is 11.9. The van der Waals surface area contributed by atoms with Gasteiger partial charge >= 0.3 is 0 Å². The van der Waals surface area contributed by atoms with Crippen molar-refractivity contribution in [2.24, 2.45) is 0 Å². The van der Waals surface area contributed by atoms with Crippen LogP contribution >= 0.6 is 23.2 Å². The molecule has 0 saturated heterocycles. The number of fused-ring (bicyclic) bond motifs is 1. The molecule has 0 aromatic heterocycles. The Morgan fingerprint density at radius 2 is 1.86 bits per heavy atom. The largest absolute Gasteiger partial charge is 0.489 e. The molecule has 0 spiro atoms. The molecule has 0 bridgehead atoms. The Bertz CT molecular complexity index is 756. The smallest absolute Gasteiger partial charge is 0.234 e. The number of hydrogen-bond acceptors (Lipinski definition) is 2. The molecule has 3 rings (SSSR count). The third-order valence-electron chi connectivity index (χ3n) is 3.87. The van der Waals surface area contributed by atoms with Crippen molar-refractivity contribution >= 4 is 34.8 Å². The number of amides is 1. The van der Waals surface area contributed by atoms with Gasteiger partial charge in [-0.2, -0.15) is 0 Å². The van der Waals surface area contributed by atoms with Crippen molar-refractivity contribution in [3.63, 3.8) is 0 Å². The molecule has 0 radical (unpaired) electrons. The minimum absolute atomic E-state index is 0.00383. The van der Waals surface area contributed by atoms with Crippen LogP contribution in [-0.4, -0.2) is 5.91 Å². The van der Waals surface area contributed by atoms with Crippen molar-refractivity contribution in [1.29, 1.82) is 0 Å². The maximum Gasteiger partial charge on any atom is 0.234 e. The van der Waals surface area contributed by atoms with E-state index in [2.05, 4.69) is 5.32 Å². The first-order valence-corrected chi connectivity index (χ1v) is 7.66. The second-order valence-electron chi connectivity index (χ2n) is 5.82. The van der Waals surface area contributed by atoms with Gasteiger partial charge in [0.15, 0.2) is 0 Å². The molecule has 114 valence electrons. The molecular weight excluding hydrogens is 321 g/mol. The van der Waals surface area contributed by atoms with Crippen LogP contribution in [0.1, 0.15) is 25.0 Å². The summed E-state index contributed by atoms with van der Waals surface area (Å²) in [5, 5.41) is 3.91. The number of carbonyl (C=O) groups is 1. The third kappa shape index (κ3) is 2.67. The Hall–Kier alpha value is -1.71. The second kappa shape index (κ2) is 5.49. The van der Waals surface area contributed by atoms with E-state index in [0.29, 0.717) is 16.7 Å². The molecule has 0 unspecified atom stereocenters. The minimum atomic E-state index is -0.543. The average molecular weight is 336 g/mol. The van der Waals surface area contributed by atoms with Gasteiger partial charge in [0.2, 0.25) is 5.91 Å². The highest BCUT2D eigenvalue weighted by Gasteiger charge is 2.38. The van der Waals surface area contributed by atoms with E-state index >= 15 is 0 Å². The standard InChI is InChI=1S/C17H15Cl2NO2/c1-17(2)12-8-11(4-6-15(12)20-16(17)21)22-9-10-3-5-13(18)14(19)7-10/h3-8H,9H2,1-2H3,(H,20,21). The quantitative estimate of drug-likeness (QED) is 0.874. The highest BCUT2D eigenvalue weighted by Crippen LogP contribution is 2.39. The zero-order valence-corrected chi connectivity index (χ0v) is 13.8. The van der Waals surface area contributed by atoms with Crippen LogP contribution in [-0.2, 0) is 16.8 Å². The molecule has 0 aliphatic carbocycles. The van der Waals surface area contributed by atoms with E-state index in [-0.39, 0.29) is 5.91 Å². The van der Waals surface area contributed by atoms with Gasteiger partial charge in [0.05, 0.1) is 15.5 Å². The Balaban J connectivity index is 1.79. The number of halogens is 2. The predicted molar refractivity (Wildman–Crippen MR) is 88.9 cm³/mol. The molecule has 22 heavy (non-hydrogen) atoms. The molecule has 5 heteroatoms. The highest BCUT2D eigenvalue weighted by atomic mass is 35.5. The third-order valence-corrected chi connectivity index (χ3v) is 4.61. The van der Waals surface area contributed by atoms with E-state index in [9.17, 15) is 4.79 Å². The first-order valence-electron chi connectivity index (χ1n) is 6.90.